The highest BCUT2D eigenvalue weighted by Gasteiger charge is 2.38. The van der Waals surface area contributed by atoms with Crippen molar-refractivity contribution >= 4 is 58.0 Å². The van der Waals surface area contributed by atoms with E-state index in [0.29, 0.717) is 22.0 Å². The van der Waals surface area contributed by atoms with Crippen molar-refractivity contribution in [3.8, 4) is 0 Å². The van der Waals surface area contributed by atoms with E-state index in [4.69, 9.17) is 23.2 Å². The molecule has 0 aromatic heterocycles. The normalized spacial score (nSPS) is 13.5. The number of amides is 3. The molecule has 0 bridgehead atoms. The monoisotopic (exact) mass is 483 g/mol. The zero-order valence-corrected chi connectivity index (χ0v) is 18.7. The van der Waals surface area contributed by atoms with Crippen molar-refractivity contribution in [3.63, 3.8) is 0 Å². The Morgan fingerprint density at radius 1 is 0.909 bits per heavy atom. The van der Waals surface area contributed by atoms with E-state index in [1.165, 1.54) is 12.1 Å². The van der Waals surface area contributed by atoms with Crippen LogP contribution in [0.4, 0.5) is 21.5 Å². The molecule has 166 valence electrons. The second-order valence-electron chi connectivity index (χ2n) is 7.23. The lowest BCUT2D eigenvalue weighted by molar-refractivity contribution is -0.120. The summed E-state index contributed by atoms with van der Waals surface area (Å²) in [6, 6.07) is 16.4. The molecule has 0 spiro atoms. The quantitative estimate of drug-likeness (QED) is 0.471. The average Bonchev–Trinajstić information content (AvgIpc) is 3.00. The number of carbonyl (C=O) groups is 3. The Kier molecular flexibility index (Phi) is 6.18. The molecule has 0 unspecified atom stereocenters. The smallest absolute Gasteiger partial charge is 0.283 e. The van der Waals surface area contributed by atoms with E-state index in [-0.39, 0.29) is 22.3 Å². The summed E-state index contributed by atoms with van der Waals surface area (Å²) in [5.41, 5.74) is 2.39. The molecule has 9 heteroatoms. The molecule has 0 saturated carbocycles. The van der Waals surface area contributed by atoms with Gasteiger partial charge in [-0.25, -0.2) is 9.29 Å². The first kappa shape index (κ1) is 22.5. The zero-order chi connectivity index (χ0) is 23.7. The van der Waals surface area contributed by atoms with Crippen molar-refractivity contribution in [2.75, 3.05) is 15.5 Å². The van der Waals surface area contributed by atoms with E-state index in [9.17, 15) is 18.8 Å². The van der Waals surface area contributed by atoms with Crippen LogP contribution in [0.3, 0.4) is 0 Å². The van der Waals surface area contributed by atoms with Crippen LogP contribution in [0.5, 0.6) is 0 Å². The van der Waals surface area contributed by atoms with E-state index in [2.05, 4.69) is 10.6 Å². The Hall–Kier alpha value is -3.68. The number of carbonyl (C=O) groups excluding carboxylic acids is 3. The van der Waals surface area contributed by atoms with Gasteiger partial charge in [0.15, 0.2) is 0 Å². The van der Waals surface area contributed by atoms with Gasteiger partial charge in [0.05, 0.1) is 5.69 Å². The molecule has 6 nitrogen and oxygen atoms in total. The number of hydrogen-bond donors (Lipinski definition) is 2. The number of nitrogens with zero attached hydrogens (tertiary/aromatic N) is 1. The molecule has 0 aliphatic carbocycles. The summed E-state index contributed by atoms with van der Waals surface area (Å²) in [7, 11) is 0. The average molecular weight is 484 g/mol. The summed E-state index contributed by atoms with van der Waals surface area (Å²) in [6.07, 6.45) is 0. The Morgan fingerprint density at radius 2 is 1.58 bits per heavy atom. The summed E-state index contributed by atoms with van der Waals surface area (Å²) < 4.78 is 13.2. The minimum atomic E-state index is -0.717. The topological polar surface area (TPSA) is 78.5 Å². The lowest BCUT2D eigenvalue weighted by atomic mass is 10.1. The number of aryl methyl sites for hydroxylation is 1. The van der Waals surface area contributed by atoms with Crippen molar-refractivity contribution in [1.82, 2.24) is 0 Å². The van der Waals surface area contributed by atoms with Gasteiger partial charge in [-0.3, -0.25) is 14.4 Å². The Balaban J connectivity index is 1.48. The van der Waals surface area contributed by atoms with E-state index >= 15 is 0 Å². The van der Waals surface area contributed by atoms with E-state index in [0.717, 1.165) is 22.6 Å². The number of nitrogens with one attached hydrogen (secondary N) is 2. The molecule has 0 saturated heterocycles. The van der Waals surface area contributed by atoms with Crippen LogP contribution < -0.4 is 15.5 Å². The molecule has 3 amide bonds. The predicted molar refractivity (Wildman–Crippen MR) is 126 cm³/mol. The number of hydrogen-bond acceptors (Lipinski definition) is 4. The maximum absolute atomic E-state index is 13.2. The molecule has 1 heterocycles. The molecule has 0 radical (unpaired) electrons. The first-order valence-electron chi connectivity index (χ1n) is 9.73. The molecule has 4 rings (SSSR count). The van der Waals surface area contributed by atoms with Gasteiger partial charge >= 0.3 is 0 Å². The van der Waals surface area contributed by atoms with Crippen LogP contribution in [0.1, 0.15) is 15.9 Å². The van der Waals surface area contributed by atoms with Gasteiger partial charge in [-0.2, -0.15) is 0 Å². The van der Waals surface area contributed by atoms with Crippen LogP contribution >= 0.6 is 23.2 Å². The maximum atomic E-state index is 13.2. The van der Waals surface area contributed by atoms with Crippen LogP contribution in [0, 0.1) is 12.7 Å². The van der Waals surface area contributed by atoms with Crippen LogP contribution in [-0.4, -0.2) is 17.7 Å². The third kappa shape index (κ3) is 4.60. The number of benzene rings is 3. The summed E-state index contributed by atoms with van der Waals surface area (Å²) in [6.45, 7) is 1.83. The first-order chi connectivity index (χ1) is 15.7. The van der Waals surface area contributed by atoms with Gasteiger partial charge in [0.2, 0.25) is 0 Å². The van der Waals surface area contributed by atoms with Gasteiger partial charge < -0.3 is 10.6 Å². The molecule has 3 aromatic carbocycles. The van der Waals surface area contributed by atoms with Gasteiger partial charge in [0.1, 0.15) is 16.5 Å². The van der Waals surface area contributed by atoms with Gasteiger partial charge in [-0.1, -0.05) is 23.2 Å². The summed E-state index contributed by atoms with van der Waals surface area (Å²) in [5, 5.41) is 5.93. The third-order valence-electron chi connectivity index (χ3n) is 4.97. The standard InChI is InChI=1S/C24H16Cl2FN3O3/c1-13-12-15(25)4-11-19(13)29-22(31)14-2-7-17(8-3-14)28-21-20(26)23(32)30(24(21)33)18-9-5-16(27)6-10-18/h2-12,28H,1H3,(H,29,31). The van der Waals surface area contributed by atoms with Crippen LogP contribution in [0.25, 0.3) is 0 Å². The number of halogens is 3. The lowest BCUT2D eigenvalue weighted by Gasteiger charge is -2.15. The summed E-state index contributed by atoms with van der Waals surface area (Å²) >= 11 is 12.0. The predicted octanol–water partition coefficient (Wildman–Crippen LogP) is 5.48. The first-order valence-corrected chi connectivity index (χ1v) is 10.5. The highest BCUT2D eigenvalue weighted by Crippen LogP contribution is 2.30. The van der Waals surface area contributed by atoms with Crippen molar-refractivity contribution in [2.24, 2.45) is 0 Å². The largest absolute Gasteiger partial charge is 0.350 e. The maximum Gasteiger partial charge on any atom is 0.283 e. The molecule has 3 aromatic rings. The second-order valence-corrected chi connectivity index (χ2v) is 8.04. The molecule has 1 aliphatic heterocycles. The summed E-state index contributed by atoms with van der Waals surface area (Å²) in [4.78, 5) is 38.7. The van der Waals surface area contributed by atoms with Crippen molar-refractivity contribution < 1.29 is 18.8 Å². The number of anilines is 3. The fraction of sp³-hybridized carbons (Fsp3) is 0.0417. The van der Waals surface area contributed by atoms with Crippen LogP contribution in [0.2, 0.25) is 5.02 Å². The highest BCUT2D eigenvalue weighted by atomic mass is 35.5. The molecule has 0 atom stereocenters. The number of imide groups is 1. The molecule has 0 fully saturated rings. The van der Waals surface area contributed by atoms with Gasteiger partial charge in [0.25, 0.3) is 17.7 Å². The second kappa shape index (κ2) is 9.05. The van der Waals surface area contributed by atoms with Gasteiger partial charge in [0, 0.05) is 22.0 Å². The minimum absolute atomic E-state index is 0.111. The summed E-state index contributed by atoms with van der Waals surface area (Å²) in [5.74, 6) is -2.20. The van der Waals surface area contributed by atoms with Crippen LogP contribution in [0.15, 0.2) is 77.5 Å². The fourth-order valence-corrected chi connectivity index (χ4v) is 3.69. The number of rotatable bonds is 5. The van der Waals surface area contributed by atoms with Crippen molar-refractivity contribution in [3.05, 3.63) is 99.4 Å². The highest BCUT2D eigenvalue weighted by molar-refractivity contribution is 6.53. The zero-order valence-electron chi connectivity index (χ0n) is 17.2. The molecular formula is C24H16Cl2FN3O3. The Labute approximate surface area is 198 Å². The van der Waals surface area contributed by atoms with Gasteiger partial charge in [-0.05, 0) is 79.2 Å². The van der Waals surface area contributed by atoms with E-state index in [1.807, 2.05) is 6.92 Å². The Morgan fingerprint density at radius 3 is 2.21 bits per heavy atom. The molecule has 2 N–H and O–H groups in total. The Bertz CT molecular complexity index is 1310. The van der Waals surface area contributed by atoms with E-state index in [1.54, 1.807) is 42.5 Å². The molecule has 33 heavy (non-hydrogen) atoms. The van der Waals surface area contributed by atoms with Crippen LogP contribution in [-0.2, 0) is 9.59 Å². The third-order valence-corrected chi connectivity index (χ3v) is 5.55. The van der Waals surface area contributed by atoms with Crippen molar-refractivity contribution in [1.29, 1.82) is 0 Å². The molecule has 1 aliphatic rings. The minimum Gasteiger partial charge on any atom is -0.350 e. The van der Waals surface area contributed by atoms with Gasteiger partial charge in [-0.15, -0.1) is 0 Å². The van der Waals surface area contributed by atoms with E-state index < -0.39 is 17.6 Å². The SMILES string of the molecule is Cc1cc(Cl)ccc1NC(=O)c1ccc(NC2=C(Cl)C(=O)N(c3ccc(F)cc3)C2=O)cc1. The molecular weight excluding hydrogens is 468 g/mol. The fourth-order valence-electron chi connectivity index (χ4n) is 3.25. The lowest BCUT2D eigenvalue weighted by Crippen LogP contribution is -2.32. The van der Waals surface area contributed by atoms with Crippen molar-refractivity contribution in [2.45, 2.75) is 6.92 Å².